The summed E-state index contributed by atoms with van der Waals surface area (Å²) in [5, 5.41) is 8.28. The Morgan fingerprint density at radius 1 is 0.850 bits per heavy atom. The first kappa shape index (κ1) is 17.1. The number of alkyl halides is 7. The van der Waals surface area contributed by atoms with E-state index in [1.807, 2.05) is 0 Å². The molecule has 0 fully saturated rings. The van der Waals surface area contributed by atoms with Gasteiger partial charge in [0.1, 0.15) is 0 Å². The molecule has 1 unspecified atom stereocenters. The fourth-order valence-corrected chi connectivity index (χ4v) is 1.39. The van der Waals surface area contributed by atoms with Crippen LogP contribution in [-0.2, 0) is 4.74 Å². The van der Waals surface area contributed by atoms with Gasteiger partial charge in [0.25, 0.3) is 0 Å². The highest BCUT2D eigenvalue weighted by atomic mass is 19.4. The molecule has 1 aliphatic carbocycles. The molecule has 0 bridgehead atoms. The van der Waals surface area contributed by atoms with Gasteiger partial charge in [-0.2, -0.15) is 30.7 Å². The molecule has 0 amide bonds. The van der Waals surface area contributed by atoms with Crippen molar-refractivity contribution in [3.63, 3.8) is 0 Å². The molecular formula is C9H7F9O2. The van der Waals surface area contributed by atoms with Crippen LogP contribution in [0.3, 0.4) is 0 Å². The second-order valence-corrected chi connectivity index (χ2v) is 3.87. The predicted molar refractivity (Wildman–Crippen MR) is 45.6 cm³/mol. The Bertz CT molecular complexity index is 420. The minimum Gasteiger partial charge on any atom is -0.396 e. The molecule has 1 rings (SSSR count). The van der Waals surface area contributed by atoms with Gasteiger partial charge in [-0.25, -0.2) is 8.78 Å². The lowest BCUT2D eigenvalue weighted by Gasteiger charge is -2.42. The molecule has 1 aliphatic rings. The fraction of sp³-hybridized carbons (Fsp3) is 0.778. The highest BCUT2D eigenvalue weighted by Gasteiger charge is 2.87. The largest absolute Gasteiger partial charge is 0.396 e. The quantitative estimate of drug-likeness (QED) is 0.637. The lowest BCUT2D eigenvalue weighted by molar-refractivity contribution is -0.391. The van der Waals surface area contributed by atoms with E-state index in [1.165, 1.54) is 0 Å². The first-order valence-electron chi connectivity index (χ1n) is 5.01. The summed E-state index contributed by atoms with van der Waals surface area (Å²) in [4.78, 5) is 0. The summed E-state index contributed by atoms with van der Waals surface area (Å²) in [6, 6.07) is 0. The van der Waals surface area contributed by atoms with Crippen LogP contribution in [0, 0.1) is 0 Å². The molecule has 0 aromatic rings. The third-order valence-corrected chi connectivity index (χ3v) is 2.55. The minimum atomic E-state index is -6.55. The van der Waals surface area contributed by atoms with Crippen LogP contribution in [0.25, 0.3) is 0 Å². The van der Waals surface area contributed by atoms with Crippen LogP contribution in [0.4, 0.5) is 39.5 Å². The summed E-state index contributed by atoms with van der Waals surface area (Å²) in [6.07, 6.45) is -0.599. The number of ether oxygens (including phenoxy) is 1. The van der Waals surface area contributed by atoms with Crippen molar-refractivity contribution in [3.05, 3.63) is 11.7 Å². The molecule has 2 nitrogen and oxygen atoms in total. The molecule has 1 N–H and O–H groups in total. The zero-order chi connectivity index (χ0) is 16.0. The predicted octanol–water partition coefficient (Wildman–Crippen LogP) is 3.12. The van der Waals surface area contributed by atoms with Crippen molar-refractivity contribution >= 4 is 0 Å². The molecule has 1 atom stereocenters. The first-order valence-corrected chi connectivity index (χ1v) is 5.01. The van der Waals surface area contributed by atoms with Crippen molar-refractivity contribution in [2.24, 2.45) is 0 Å². The van der Waals surface area contributed by atoms with Crippen LogP contribution in [-0.4, -0.2) is 41.9 Å². The third-order valence-electron chi connectivity index (χ3n) is 2.55. The Kier molecular flexibility index (Phi) is 4.09. The van der Waals surface area contributed by atoms with Crippen molar-refractivity contribution < 1.29 is 49.4 Å². The summed E-state index contributed by atoms with van der Waals surface area (Å²) in [6.45, 7) is -2.01. The number of hydrogen-bond acceptors (Lipinski definition) is 2. The number of halogens is 9. The average Bonchev–Trinajstić information content (AvgIpc) is 2.35. The minimum absolute atomic E-state index is 0.599. The number of aliphatic hydroxyl groups is 1. The molecule has 0 spiro atoms. The van der Waals surface area contributed by atoms with E-state index in [0.29, 0.717) is 0 Å². The smallest absolute Gasteiger partial charge is 0.385 e. The van der Waals surface area contributed by atoms with Crippen LogP contribution >= 0.6 is 0 Å². The zero-order valence-electron chi connectivity index (χ0n) is 9.38. The zero-order valence-corrected chi connectivity index (χ0v) is 9.38. The molecular weight excluding hydrogens is 311 g/mol. The Hall–Kier alpha value is -0.970. The van der Waals surface area contributed by atoms with Gasteiger partial charge >= 0.3 is 23.6 Å². The maximum atomic E-state index is 13.6. The van der Waals surface area contributed by atoms with E-state index in [9.17, 15) is 39.5 Å². The summed E-state index contributed by atoms with van der Waals surface area (Å²) >= 11 is 0. The molecule has 20 heavy (non-hydrogen) atoms. The van der Waals surface area contributed by atoms with E-state index >= 15 is 0 Å². The van der Waals surface area contributed by atoms with Crippen molar-refractivity contribution in [1.82, 2.24) is 0 Å². The van der Waals surface area contributed by atoms with Crippen molar-refractivity contribution in [2.45, 2.75) is 30.0 Å². The summed E-state index contributed by atoms with van der Waals surface area (Å²) in [5.74, 6) is -31.7. The van der Waals surface area contributed by atoms with Gasteiger partial charge in [-0.3, -0.25) is 0 Å². The van der Waals surface area contributed by atoms with E-state index < -0.39 is 54.9 Å². The van der Waals surface area contributed by atoms with E-state index in [-0.39, 0.29) is 0 Å². The van der Waals surface area contributed by atoms with E-state index in [1.54, 1.807) is 0 Å². The molecule has 0 saturated heterocycles. The SMILES string of the molecule is OCCCOC1(F)C(F)=C(F)C(F)(F)C(F)(F)C1(F)F. The molecule has 0 aromatic carbocycles. The van der Waals surface area contributed by atoms with E-state index in [0.717, 1.165) is 0 Å². The van der Waals surface area contributed by atoms with E-state index in [2.05, 4.69) is 4.74 Å². The summed E-state index contributed by atoms with van der Waals surface area (Å²) < 4.78 is 120. The molecule has 0 saturated carbocycles. The summed E-state index contributed by atoms with van der Waals surface area (Å²) in [7, 11) is 0. The fourth-order valence-electron chi connectivity index (χ4n) is 1.39. The van der Waals surface area contributed by atoms with Gasteiger partial charge in [-0.1, -0.05) is 0 Å². The van der Waals surface area contributed by atoms with Crippen LogP contribution in [0.5, 0.6) is 0 Å². The Morgan fingerprint density at radius 2 is 1.35 bits per heavy atom. The monoisotopic (exact) mass is 318 g/mol. The van der Waals surface area contributed by atoms with Crippen LogP contribution in [0.2, 0.25) is 0 Å². The third kappa shape index (κ3) is 1.90. The second-order valence-electron chi connectivity index (χ2n) is 3.87. The molecule has 118 valence electrons. The Morgan fingerprint density at radius 3 is 1.80 bits per heavy atom. The maximum absolute atomic E-state index is 13.6. The van der Waals surface area contributed by atoms with Gasteiger partial charge in [0, 0.05) is 6.61 Å². The van der Waals surface area contributed by atoms with Crippen LogP contribution < -0.4 is 0 Å². The Labute approximate surface area is 105 Å². The maximum Gasteiger partial charge on any atom is 0.385 e. The number of aliphatic hydroxyl groups excluding tert-OH is 1. The van der Waals surface area contributed by atoms with Gasteiger partial charge in [0.2, 0.25) is 11.7 Å². The highest BCUT2D eigenvalue weighted by Crippen LogP contribution is 2.61. The summed E-state index contributed by atoms with van der Waals surface area (Å²) in [5.41, 5.74) is 0. The van der Waals surface area contributed by atoms with E-state index in [4.69, 9.17) is 5.11 Å². The highest BCUT2D eigenvalue weighted by molar-refractivity contribution is 5.32. The number of hydrogen-bond donors (Lipinski definition) is 1. The van der Waals surface area contributed by atoms with Crippen LogP contribution in [0.1, 0.15) is 6.42 Å². The molecule has 11 heteroatoms. The van der Waals surface area contributed by atoms with Gasteiger partial charge in [0.15, 0.2) is 0 Å². The van der Waals surface area contributed by atoms with Gasteiger partial charge in [-0.15, -0.1) is 0 Å². The lowest BCUT2D eigenvalue weighted by Crippen LogP contribution is -2.68. The normalized spacial score (nSPS) is 31.5. The number of rotatable bonds is 4. The topological polar surface area (TPSA) is 29.5 Å². The second kappa shape index (κ2) is 4.79. The van der Waals surface area contributed by atoms with Crippen LogP contribution in [0.15, 0.2) is 11.7 Å². The standard InChI is InChI=1S/C9H7F9O2/c10-4-5(11)7(14,20-3-1-2-19)9(17,18)8(15,16)6(4,12)13/h19H,1-3H2. The average molecular weight is 318 g/mol. The Balaban J connectivity index is 3.40. The number of allylic oxidation sites excluding steroid dienone is 1. The molecule has 0 aromatic heterocycles. The van der Waals surface area contributed by atoms with Gasteiger partial charge in [-0.05, 0) is 6.42 Å². The van der Waals surface area contributed by atoms with Gasteiger partial charge in [0.05, 0.1) is 6.61 Å². The van der Waals surface area contributed by atoms with Crippen molar-refractivity contribution in [3.8, 4) is 0 Å². The van der Waals surface area contributed by atoms with Gasteiger partial charge < -0.3 is 9.84 Å². The molecule has 0 heterocycles. The lowest BCUT2D eigenvalue weighted by atomic mass is 9.89. The van der Waals surface area contributed by atoms with Crippen molar-refractivity contribution in [2.75, 3.05) is 13.2 Å². The molecule has 0 radical (unpaired) electrons. The van der Waals surface area contributed by atoms with Crippen molar-refractivity contribution in [1.29, 1.82) is 0 Å². The first-order chi connectivity index (χ1) is 8.88. The molecule has 0 aliphatic heterocycles.